The number of aliphatic hydroxyl groups excluding tert-OH is 1. The van der Waals surface area contributed by atoms with Crippen molar-refractivity contribution in [2.75, 3.05) is 11.9 Å². The smallest absolute Gasteiger partial charge is 0.319 e. The third-order valence-corrected chi connectivity index (χ3v) is 3.62. The molecule has 0 saturated carbocycles. The van der Waals surface area contributed by atoms with E-state index in [9.17, 15) is 4.79 Å². The average Bonchev–Trinajstić information content (AvgIpc) is 2.34. The van der Waals surface area contributed by atoms with E-state index < -0.39 is 0 Å². The average molecular weight is 264 g/mol. The van der Waals surface area contributed by atoms with Crippen LogP contribution in [0.15, 0.2) is 18.2 Å². The monoisotopic (exact) mass is 264 g/mol. The molecule has 0 spiro atoms. The molecule has 3 N–H and O–H groups in total. The van der Waals surface area contributed by atoms with Crippen LogP contribution in [0.5, 0.6) is 0 Å². The van der Waals surface area contributed by atoms with Gasteiger partial charge in [0, 0.05) is 17.8 Å². The normalized spacial score (nSPS) is 13.7. The molecule has 1 rings (SSSR count). The van der Waals surface area contributed by atoms with Crippen molar-refractivity contribution in [3.63, 3.8) is 0 Å². The lowest BCUT2D eigenvalue weighted by atomic mass is 9.95. The van der Waals surface area contributed by atoms with Crippen molar-refractivity contribution in [1.29, 1.82) is 0 Å². The molecule has 0 aliphatic heterocycles. The van der Waals surface area contributed by atoms with Crippen LogP contribution >= 0.6 is 0 Å². The van der Waals surface area contributed by atoms with Crippen LogP contribution in [0, 0.1) is 13.8 Å². The molecule has 19 heavy (non-hydrogen) atoms. The molecule has 0 fully saturated rings. The highest BCUT2D eigenvalue weighted by Crippen LogP contribution is 2.16. The van der Waals surface area contributed by atoms with Gasteiger partial charge in [0.15, 0.2) is 0 Å². The van der Waals surface area contributed by atoms with Crippen LogP contribution in [0.2, 0.25) is 0 Å². The largest absolute Gasteiger partial charge is 0.396 e. The fraction of sp³-hybridized carbons (Fsp3) is 0.533. The number of hydrogen-bond acceptors (Lipinski definition) is 2. The second kappa shape index (κ2) is 6.57. The van der Waals surface area contributed by atoms with Crippen molar-refractivity contribution in [2.45, 2.75) is 46.1 Å². The van der Waals surface area contributed by atoms with Gasteiger partial charge in [0.25, 0.3) is 0 Å². The van der Waals surface area contributed by atoms with E-state index in [0.29, 0.717) is 6.42 Å². The molecule has 1 aromatic carbocycles. The number of nitrogens with one attached hydrogen (secondary N) is 2. The standard InChI is InChI=1S/C15H24N2O2/c1-5-15(4,8-9-18)17-14(19)16-13-7-6-11(2)12(3)10-13/h6-7,10,18H,5,8-9H2,1-4H3,(H2,16,17,19). The predicted octanol–water partition coefficient (Wildman–Crippen LogP) is 2.98. The number of rotatable bonds is 5. The van der Waals surface area contributed by atoms with E-state index >= 15 is 0 Å². The quantitative estimate of drug-likeness (QED) is 0.765. The van der Waals surface area contributed by atoms with Crippen molar-refractivity contribution < 1.29 is 9.90 Å². The van der Waals surface area contributed by atoms with Crippen LogP contribution in [-0.4, -0.2) is 23.3 Å². The number of aliphatic hydroxyl groups is 1. The molecule has 0 bridgehead atoms. The van der Waals surface area contributed by atoms with Gasteiger partial charge in [-0.15, -0.1) is 0 Å². The van der Waals surface area contributed by atoms with E-state index in [2.05, 4.69) is 10.6 Å². The van der Waals surface area contributed by atoms with Crippen LogP contribution in [0.4, 0.5) is 10.5 Å². The molecule has 4 heteroatoms. The van der Waals surface area contributed by atoms with E-state index in [4.69, 9.17) is 5.11 Å². The molecule has 2 amide bonds. The SMILES string of the molecule is CCC(C)(CCO)NC(=O)Nc1ccc(C)c(C)c1. The molecule has 0 saturated heterocycles. The van der Waals surface area contributed by atoms with Crippen LogP contribution in [-0.2, 0) is 0 Å². The van der Waals surface area contributed by atoms with E-state index in [1.165, 1.54) is 5.56 Å². The third-order valence-electron chi connectivity index (χ3n) is 3.62. The van der Waals surface area contributed by atoms with Crippen LogP contribution in [0.25, 0.3) is 0 Å². The van der Waals surface area contributed by atoms with Gasteiger partial charge >= 0.3 is 6.03 Å². The first-order valence-corrected chi connectivity index (χ1v) is 6.67. The maximum atomic E-state index is 12.0. The minimum absolute atomic E-state index is 0.0637. The molecular weight excluding hydrogens is 240 g/mol. The van der Waals surface area contributed by atoms with Gasteiger partial charge in [0.2, 0.25) is 0 Å². The van der Waals surface area contributed by atoms with Crippen LogP contribution in [0.3, 0.4) is 0 Å². The number of amides is 2. The van der Waals surface area contributed by atoms with Gasteiger partial charge in [-0.05, 0) is 56.9 Å². The summed E-state index contributed by atoms with van der Waals surface area (Å²) in [5, 5.41) is 14.8. The molecule has 0 aliphatic carbocycles. The van der Waals surface area contributed by atoms with Gasteiger partial charge in [-0.25, -0.2) is 4.79 Å². The van der Waals surface area contributed by atoms with Gasteiger partial charge in [0.1, 0.15) is 0 Å². The zero-order chi connectivity index (χ0) is 14.5. The highest BCUT2D eigenvalue weighted by atomic mass is 16.3. The number of hydrogen-bond donors (Lipinski definition) is 3. The molecule has 1 aromatic rings. The van der Waals surface area contributed by atoms with Gasteiger partial charge in [-0.3, -0.25) is 0 Å². The van der Waals surface area contributed by atoms with Crippen LogP contribution in [0.1, 0.15) is 37.8 Å². The minimum Gasteiger partial charge on any atom is -0.396 e. The summed E-state index contributed by atoms with van der Waals surface area (Å²) in [4.78, 5) is 12.0. The van der Waals surface area contributed by atoms with Crippen LogP contribution < -0.4 is 10.6 Å². The van der Waals surface area contributed by atoms with E-state index in [1.54, 1.807) is 0 Å². The van der Waals surface area contributed by atoms with Gasteiger partial charge < -0.3 is 15.7 Å². The summed E-state index contributed by atoms with van der Waals surface area (Å²) in [5.74, 6) is 0. The zero-order valence-corrected chi connectivity index (χ0v) is 12.2. The number of aryl methyl sites for hydroxylation is 2. The Kier molecular flexibility index (Phi) is 5.36. The fourth-order valence-electron chi connectivity index (χ4n) is 1.83. The topological polar surface area (TPSA) is 61.4 Å². The Bertz CT molecular complexity index is 446. The van der Waals surface area contributed by atoms with Gasteiger partial charge in [-0.1, -0.05) is 13.0 Å². The summed E-state index contributed by atoms with van der Waals surface area (Å²) in [6.45, 7) is 8.04. The summed E-state index contributed by atoms with van der Waals surface area (Å²) in [6, 6.07) is 5.58. The fourth-order valence-corrected chi connectivity index (χ4v) is 1.83. The number of carbonyl (C=O) groups is 1. The Labute approximate surface area is 115 Å². The van der Waals surface area contributed by atoms with Crippen molar-refractivity contribution in [3.05, 3.63) is 29.3 Å². The number of urea groups is 1. The first kappa shape index (κ1) is 15.5. The maximum Gasteiger partial charge on any atom is 0.319 e. The van der Waals surface area contributed by atoms with Crippen molar-refractivity contribution in [2.24, 2.45) is 0 Å². The zero-order valence-electron chi connectivity index (χ0n) is 12.2. The second-order valence-electron chi connectivity index (χ2n) is 5.27. The number of carbonyl (C=O) groups excluding carboxylic acids is 1. The lowest BCUT2D eigenvalue weighted by Crippen LogP contribution is -2.48. The third kappa shape index (κ3) is 4.56. The minimum atomic E-state index is -0.376. The summed E-state index contributed by atoms with van der Waals surface area (Å²) >= 11 is 0. The Morgan fingerprint density at radius 2 is 2.00 bits per heavy atom. The summed E-state index contributed by atoms with van der Waals surface area (Å²) in [7, 11) is 0. The Hall–Kier alpha value is -1.55. The van der Waals surface area contributed by atoms with Crippen molar-refractivity contribution >= 4 is 11.7 Å². The molecule has 0 radical (unpaired) electrons. The first-order chi connectivity index (χ1) is 8.90. The second-order valence-corrected chi connectivity index (χ2v) is 5.27. The molecular formula is C15H24N2O2. The highest BCUT2D eigenvalue weighted by molar-refractivity contribution is 5.89. The summed E-state index contributed by atoms with van der Waals surface area (Å²) in [6.07, 6.45) is 1.32. The summed E-state index contributed by atoms with van der Waals surface area (Å²) in [5.41, 5.74) is 2.75. The molecule has 4 nitrogen and oxygen atoms in total. The Balaban J connectivity index is 2.66. The maximum absolute atomic E-state index is 12.0. The number of benzene rings is 1. The van der Waals surface area contributed by atoms with Crippen molar-refractivity contribution in [1.82, 2.24) is 5.32 Å². The molecule has 0 heterocycles. The molecule has 1 unspecified atom stereocenters. The van der Waals surface area contributed by atoms with E-state index in [-0.39, 0.29) is 18.2 Å². The van der Waals surface area contributed by atoms with Crippen molar-refractivity contribution in [3.8, 4) is 0 Å². The van der Waals surface area contributed by atoms with Gasteiger partial charge in [0.05, 0.1) is 0 Å². The molecule has 0 aromatic heterocycles. The molecule has 0 aliphatic rings. The number of anilines is 1. The van der Waals surface area contributed by atoms with E-state index in [0.717, 1.165) is 17.7 Å². The Morgan fingerprint density at radius 3 is 2.53 bits per heavy atom. The molecule has 106 valence electrons. The van der Waals surface area contributed by atoms with Gasteiger partial charge in [-0.2, -0.15) is 0 Å². The lowest BCUT2D eigenvalue weighted by Gasteiger charge is -2.29. The molecule has 1 atom stereocenters. The Morgan fingerprint density at radius 1 is 1.32 bits per heavy atom. The first-order valence-electron chi connectivity index (χ1n) is 6.67. The highest BCUT2D eigenvalue weighted by Gasteiger charge is 2.23. The van der Waals surface area contributed by atoms with E-state index in [1.807, 2.05) is 45.9 Å². The predicted molar refractivity (Wildman–Crippen MR) is 78.5 cm³/mol. The summed E-state index contributed by atoms with van der Waals surface area (Å²) < 4.78 is 0. The lowest BCUT2D eigenvalue weighted by molar-refractivity contribution is 0.208.